The van der Waals surface area contributed by atoms with Gasteiger partial charge in [0.15, 0.2) is 11.2 Å². The number of anilines is 2. The fourth-order valence-electron chi connectivity index (χ4n) is 2.80. The van der Waals surface area contributed by atoms with Crippen molar-refractivity contribution in [2.75, 3.05) is 31.7 Å². The van der Waals surface area contributed by atoms with Gasteiger partial charge in [-0.05, 0) is 42.8 Å². The van der Waals surface area contributed by atoms with Gasteiger partial charge in [-0.25, -0.2) is 0 Å². The number of aromatic nitrogens is 2. The first-order chi connectivity index (χ1) is 14.1. The van der Waals surface area contributed by atoms with Crippen LogP contribution in [0.4, 0.5) is 12.0 Å². The number of fused-ring (bicyclic) bond motifs is 2. The van der Waals surface area contributed by atoms with Gasteiger partial charge >= 0.3 is 12.0 Å². The van der Waals surface area contributed by atoms with Gasteiger partial charge in [-0.2, -0.15) is 9.97 Å². The third-order valence-corrected chi connectivity index (χ3v) is 4.18. The second kappa shape index (κ2) is 8.29. The summed E-state index contributed by atoms with van der Waals surface area (Å²) in [4.78, 5) is 20.9. The number of aliphatic hydroxyl groups excluding tert-OH is 1. The highest BCUT2D eigenvalue weighted by atomic mass is 16.5. The number of hydrogen-bond acceptors (Lipinski definition) is 8. The standard InChI is InChI=1S/C20H20N4O5/c1-12-2-4-14-17(10-12)29-19(22-14)24-20-23-15-11-13(3-5-16(15)28-20)18(26)21-6-8-27-9-7-25/h2-5,10-11,25H,6-9H2,1H3,(H,21,26)(H,22,23,24). The molecule has 0 bridgehead atoms. The Bertz CT molecular complexity index is 1150. The molecule has 2 aromatic heterocycles. The van der Waals surface area contributed by atoms with E-state index in [1.54, 1.807) is 18.2 Å². The number of aryl methyl sites for hydroxylation is 1. The number of oxazole rings is 2. The topological polar surface area (TPSA) is 123 Å². The van der Waals surface area contributed by atoms with E-state index in [9.17, 15) is 4.79 Å². The van der Waals surface area contributed by atoms with Crippen LogP contribution in [-0.4, -0.2) is 47.3 Å². The van der Waals surface area contributed by atoms with Crippen LogP contribution in [0.25, 0.3) is 22.2 Å². The zero-order valence-electron chi connectivity index (χ0n) is 15.8. The monoisotopic (exact) mass is 396 g/mol. The molecule has 0 atom stereocenters. The maximum Gasteiger partial charge on any atom is 0.303 e. The highest BCUT2D eigenvalue weighted by Gasteiger charge is 2.13. The molecular weight excluding hydrogens is 376 g/mol. The van der Waals surface area contributed by atoms with E-state index in [1.165, 1.54) is 0 Å². The number of nitrogens with one attached hydrogen (secondary N) is 2. The molecule has 2 aromatic carbocycles. The minimum atomic E-state index is -0.244. The molecule has 0 radical (unpaired) electrons. The van der Waals surface area contributed by atoms with Crippen molar-refractivity contribution >= 4 is 40.1 Å². The van der Waals surface area contributed by atoms with E-state index >= 15 is 0 Å². The Kier molecular flexibility index (Phi) is 5.41. The van der Waals surface area contributed by atoms with Gasteiger partial charge in [-0.1, -0.05) is 6.07 Å². The summed E-state index contributed by atoms with van der Waals surface area (Å²) in [6, 6.07) is 11.2. The molecule has 29 heavy (non-hydrogen) atoms. The maximum absolute atomic E-state index is 12.2. The van der Waals surface area contributed by atoms with Gasteiger partial charge in [0.05, 0.1) is 19.8 Å². The fraction of sp³-hybridized carbons (Fsp3) is 0.250. The summed E-state index contributed by atoms with van der Waals surface area (Å²) in [5.74, 6) is -0.244. The van der Waals surface area contributed by atoms with Crippen LogP contribution >= 0.6 is 0 Å². The molecule has 0 unspecified atom stereocenters. The second-order valence-electron chi connectivity index (χ2n) is 6.41. The van der Waals surface area contributed by atoms with Crippen LogP contribution in [0.1, 0.15) is 15.9 Å². The minimum absolute atomic E-state index is 0.0453. The molecule has 0 fully saturated rings. The molecular formula is C20H20N4O5. The number of amides is 1. The average molecular weight is 396 g/mol. The number of carbonyl (C=O) groups excluding carboxylic acids is 1. The summed E-state index contributed by atoms with van der Waals surface area (Å²) >= 11 is 0. The lowest BCUT2D eigenvalue weighted by molar-refractivity contribution is 0.0838. The Hall–Kier alpha value is -3.43. The number of carbonyl (C=O) groups is 1. The molecule has 0 saturated carbocycles. The summed E-state index contributed by atoms with van der Waals surface area (Å²) in [5, 5.41) is 14.3. The molecule has 3 N–H and O–H groups in total. The van der Waals surface area contributed by atoms with Crippen molar-refractivity contribution in [1.82, 2.24) is 15.3 Å². The molecule has 4 aromatic rings. The van der Waals surface area contributed by atoms with Crippen molar-refractivity contribution in [3.63, 3.8) is 0 Å². The number of nitrogens with zero attached hydrogens (tertiary/aromatic N) is 2. The van der Waals surface area contributed by atoms with Crippen LogP contribution < -0.4 is 10.6 Å². The van der Waals surface area contributed by atoms with Gasteiger partial charge < -0.3 is 24.0 Å². The Balaban J connectivity index is 1.45. The quantitative estimate of drug-likeness (QED) is 0.389. The molecule has 150 valence electrons. The molecule has 9 heteroatoms. The average Bonchev–Trinajstić information content (AvgIpc) is 3.29. The predicted molar refractivity (Wildman–Crippen MR) is 106 cm³/mol. The van der Waals surface area contributed by atoms with E-state index in [4.69, 9.17) is 18.7 Å². The second-order valence-corrected chi connectivity index (χ2v) is 6.41. The lowest BCUT2D eigenvalue weighted by atomic mass is 10.2. The first-order valence-electron chi connectivity index (χ1n) is 9.14. The van der Waals surface area contributed by atoms with Crippen molar-refractivity contribution in [3.8, 4) is 0 Å². The van der Waals surface area contributed by atoms with E-state index in [0.717, 1.165) is 11.1 Å². The normalized spacial score (nSPS) is 11.2. The SMILES string of the molecule is Cc1ccc2nc(Nc3nc4cc(C(=O)NCCOCCO)ccc4o3)oc2c1. The lowest BCUT2D eigenvalue weighted by Gasteiger charge is -2.05. The fourth-order valence-corrected chi connectivity index (χ4v) is 2.80. The van der Waals surface area contributed by atoms with Gasteiger partial charge in [-0.15, -0.1) is 0 Å². The Morgan fingerprint density at radius 3 is 2.66 bits per heavy atom. The van der Waals surface area contributed by atoms with Gasteiger partial charge in [0.1, 0.15) is 11.0 Å². The first-order valence-corrected chi connectivity index (χ1v) is 9.14. The first kappa shape index (κ1) is 18.9. The third kappa shape index (κ3) is 4.36. The number of hydrogen-bond donors (Lipinski definition) is 3. The Morgan fingerprint density at radius 1 is 1.03 bits per heavy atom. The van der Waals surface area contributed by atoms with E-state index < -0.39 is 0 Å². The molecule has 9 nitrogen and oxygen atoms in total. The van der Waals surface area contributed by atoms with Crippen LogP contribution in [-0.2, 0) is 4.74 Å². The van der Waals surface area contributed by atoms with Crippen molar-refractivity contribution < 1.29 is 23.5 Å². The van der Waals surface area contributed by atoms with Crippen LogP contribution in [0.3, 0.4) is 0 Å². The van der Waals surface area contributed by atoms with Crippen LogP contribution in [0.5, 0.6) is 0 Å². The summed E-state index contributed by atoms with van der Waals surface area (Å²) < 4.78 is 16.4. The van der Waals surface area contributed by atoms with Gasteiger partial charge in [0, 0.05) is 12.1 Å². The number of aliphatic hydroxyl groups is 1. The maximum atomic E-state index is 12.2. The Labute approximate surface area is 165 Å². The van der Waals surface area contributed by atoms with E-state index in [2.05, 4.69) is 20.6 Å². The van der Waals surface area contributed by atoms with Crippen molar-refractivity contribution in [2.45, 2.75) is 6.92 Å². The van der Waals surface area contributed by atoms with E-state index in [-0.39, 0.29) is 31.2 Å². The zero-order chi connectivity index (χ0) is 20.2. The largest absolute Gasteiger partial charge is 0.423 e. The van der Waals surface area contributed by atoms with Gasteiger partial charge in [0.25, 0.3) is 5.91 Å². The summed E-state index contributed by atoms with van der Waals surface area (Å²) in [7, 11) is 0. The highest BCUT2D eigenvalue weighted by molar-refractivity contribution is 5.97. The smallest absolute Gasteiger partial charge is 0.303 e. The van der Waals surface area contributed by atoms with Gasteiger partial charge in [-0.3, -0.25) is 10.1 Å². The summed E-state index contributed by atoms with van der Waals surface area (Å²) in [5.41, 5.74) is 4.00. The van der Waals surface area contributed by atoms with Crippen LogP contribution in [0, 0.1) is 6.92 Å². The Morgan fingerprint density at radius 2 is 1.83 bits per heavy atom. The zero-order valence-corrected chi connectivity index (χ0v) is 15.8. The molecule has 2 heterocycles. The third-order valence-electron chi connectivity index (χ3n) is 4.18. The molecule has 0 saturated heterocycles. The molecule has 4 rings (SSSR count). The predicted octanol–water partition coefficient (Wildman–Crippen LogP) is 2.76. The van der Waals surface area contributed by atoms with Crippen LogP contribution in [0.15, 0.2) is 45.2 Å². The van der Waals surface area contributed by atoms with Crippen molar-refractivity contribution in [1.29, 1.82) is 0 Å². The van der Waals surface area contributed by atoms with Crippen molar-refractivity contribution in [2.24, 2.45) is 0 Å². The van der Waals surface area contributed by atoms with Crippen molar-refractivity contribution in [3.05, 3.63) is 47.5 Å². The summed E-state index contributed by atoms with van der Waals surface area (Å²) in [6.07, 6.45) is 0. The van der Waals surface area contributed by atoms with Crippen LogP contribution in [0.2, 0.25) is 0 Å². The summed E-state index contributed by atoms with van der Waals surface area (Å²) in [6.45, 7) is 2.86. The molecule has 0 spiro atoms. The van der Waals surface area contributed by atoms with E-state index in [0.29, 0.717) is 35.4 Å². The molecule has 0 aliphatic carbocycles. The minimum Gasteiger partial charge on any atom is -0.423 e. The number of rotatable bonds is 8. The van der Waals surface area contributed by atoms with E-state index in [1.807, 2.05) is 25.1 Å². The highest BCUT2D eigenvalue weighted by Crippen LogP contribution is 2.25. The number of ether oxygens (including phenoxy) is 1. The van der Waals surface area contributed by atoms with Gasteiger partial charge in [0.2, 0.25) is 0 Å². The number of benzene rings is 2. The lowest BCUT2D eigenvalue weighted by Crippen LogP contribution is -2.27. The molecule has 0 aliphatic heterocycles. The molecule has 1 amide bonds. The molecule has 0 aliphatic rings.